The Bertz CT molecular complexity index is 440. The van der Waals surface area contributed by atoms with Crippen molar-refractivity contribution >= 4 is 17.5 Å². The minimum atomic E-state index is -0.514. The van der Waals surface area contributed by atoms with Crippen LogP contribution in [0.25, 0.3) is 0 Å². The van der Waals surface area contributed by atoms with Gasteiger partial charge in [-0.05, 0) is 24.6 Å². The molecule has 5 heteroatoms. The van der Waals surface area contributed by atoms with E-state index >= 15 is 0 Å². The van der Waals surface area contributed by atoms with Crippen molar-refractivity contribution in [3.05, 3.63) is 28.8 Å². The lowest BCUT2D eigenvalue weighted by Gasteiger charge is -2.09. The van der Waals surface area contributed by atoms with Crippen LogP contribution in [0.4, 0.5) is 0 Å². The fourth-order valence-corrected chi connectivity index (χ4v) is 1.30. The molecule has 0 aromatic heterocycles. The van der Waals surface area contributed by atoms with Crippen molar-refractivity contribution < 1.29 is 9.90 Å². The molecule has 16 heavy (non-hydrogen) atoms. The number of phenolic OH excluding ortho intramolecular Hbond substituents is 1. The van der Waals surface area contributed by atoms with Crippen LogP contribution in [0, 0.1) is 11.3 Å². The van der Waals surface area contributed by atoms with Gasteiger partial charge < -0.3 is 10.4 Å². The monoisotopic (exact) mass is 238 g/mol. The summed E-state index contributed by atoms with van der Waals surface area (Å²) in [4.78, 5) is 11.6. The Morgan fingerprint density at radius 3 is 2.88 bits per heavy atom. The van der Waals surface area contributed by atoms with E-state index in [0.717, 1.165) is 0 Å². The van der Waals surface area contributed by atoms with E-state index in [9.17, 15) is 9.90 Å². The molecule has 2 N–H and O–H groups in total. The molecule has 0 aliphatic carbocycles. The maximum atomic E-state index is 11.6. The van der Waals surface area contributed by atoms with E-state index in [4.69, 9.17) is 16.9 Å². The molecule has 0 heterocycles. The van der Waals surface area contributed by atoms with Crippen molar-refractivity contribution in [3.8, 4) is 11.8 Å². The van der Waals surface area contributed by atoms with Gasteiger partial charge in [0.15, 0.2) is 0 Å². The van der Waals surface area contributed by atoms with E-state index in [1.54, 1.807) is 6.92 Å². The fourth-order valence-electron chi connectivity index (χ4n) is 1.12. The Morgan fingerprint density at radius 2 is 2.38 bits per heavy atom. The van der Waals surface area contributed by atoms with E-state index in [0.29, 0.717) is 12.0 Å². The van der Waals surface area contributed by atoms with Crippen molar-refractivity contribution in [2.45, 2.75) is 19.4 Å². The Kier molecular flexibility index (Phi) is 4.15. The van der Waals surface area contributed by atoms with Crippen LogP contribution in [0.3, 0.4) is 0 Å². The first-order chi connectivity index (χ1) is 7.58. The lowest BCUT2D eigenvalue weighted by Crippen LogP contribution is -2.33. The topological polar surface area (TPSA) is 73.1 Å². The molecule has 4 nitrogen and oxygen atoms in total. The molecule has 0 fully saturated rings. The second-order valence-electron chi connectivity index (χ2n) is 3.23. The van der Waals surface area contributed by atoms with Crippen molar-refractivity contribution in [1.29, 1.82) is 5.26 Å². The zero-order valence-corrected chi connectivity index (χ0v) is 9.45. The number of hydrogen-bond acceptors (Lipinski definition) is 3. The van der Waals surface area contributed by atoms with Gasteiger partial charge in [-0.1, -0.05) is 18.5 Å². The molecule has 1 atom stereocenters. The summed E-state index contributed by atoms with van der Waals surface area (Å²) < 4.78 is 0. The third-order valence-corrected chi connectivity index (χ3v) is 2.38. The van der Waals surface area contributed by atoms with Crippen LogP contribution in [0.1, 0.15) is 23.7 Å². The number of rotatable bonds is 3. The number of aromatic hydroxyl groups is 1. The van der Waals surface area contributed by atoms with Crippen molar-refractivity contribution in [2.75, 3.05) is 0 Å². The van der Waals surface area contributed by atoms with Gasteiger partial charge in [0, 0.05) is 5.56 Å². The summed E-state index contributed by atoms with van der Waals surface area (Å²) in [5, 5.41) is 20.5. The Morgan fingerprint density at radius 1 is 1.69 bits per heavy atom. The number of carbonyl (C=O) groups is 1. The van der Waals surface area contributed by atoms with Crippen LogP contribution in [0.2, 0.25) is 5.02 Å². The number of phenols is 1. The molecule has 1 aromatic carbocycles. The highest BCUT2D eigenvalue weighted by Gasteiger charge is 2.12. The summed E-state index contributed by atoms with van der Waals surface area (Å²) in [5.74, 6) is -0.458. The number of carbonyl (C=O) groups excluding carboxylic acids is 1. The first-order valence-electron chi connectivity index (χ1n) is 4.77. The summed E-state index contributed by atoms with van der Waals surface area (Å²) in [7, 11) is 0. The van der Waals surface area contributed by atoms with Crippen molar-refractivity contribution in [1.82, 2.24) is 5.32 Å². The molecule has 0 bridgehead atoms. The predicted octanol–water partition coefficient (Wildman–Crippen LogP) is 2.08. The largest absolute Gasteiger partial charge is 0.506 e. The maximum absolute atomic E-state index is 11.6. The first-order valence-corrected chi connectivity index (χ1v) is 5.15. The molecule has 0 spiro atoms. The molecule has 1 aromatic rings. The molecule has 84 valence electrons. The van der Waals surface area contributed by atoms with Crippen molar-refractivity contribution in [3.63, 3.8) is 0 Å². The third-order valence-electron chi connectivity index (χ3n) is 2.08. The lowest BCUT2D eigenvalue weighted by atomic mass is 10.1. The van der Waals surface area contributed by atoms with Gasteiger partial charge in [0.1, 0.15) is 11.8 Å². The number of nitrogens with zero attached hydrogens (tertiary/aromatic N) is 1. The van der Waals surface area contributed by atoms with Crippen LogP contribution >= 0.6 is 11.6 Å². The minimum absolute atomic E-state index is 0.0782. The van der Waals surface area contributed by atoms with Crippen LogP contribution in [-0.2, 0) is 0 Å². The molecule has 0 aliphatic rings. The Hall–Kier alpha value is -1.73. The van der Waals surface area contributed by atoms with Crippen LogP contribution in [0.5, 0.6) is 5.75 Å². The number of amides is 1. The zero-order chi connectivity index (χ0) is 12.1. The minimum Gasteiger partial charge on any atom is -0.506 e. The van der Waals surface area contributed by atoms with Gasteiger partial charge in [-0.3, -0.25) is 4.79 Å². The van der Waals surface area contributed by atoms with E-state index in [1.807, 2.05) is 6.07 Å². The predicted molar refractivity (Wildman–Crippen MR) is 60.3 cm³/mol. The van der Waals surface area contributed by atoms with Gasteiger partial charge in [-0.25, -0.2) is 0 Å². The van der Waals surface area contributed by atoms with E-state index in [1.165, 1.54) is 18.2 Å². The third kappa shape index (κ3) is 2.88. The Balaban J connectivity index is 2.81. The zero-order valence-electron chi connectivity index (χ0n) is 8.70. The second kappa shape index (κ2) is 5.38. The normalized spacial score (nSPS) is 11.6. The number of nitriles is 1. The molecular formula is C11H11ClN2O2. The van der Waals surface area contributed by atoms with E-state index < -0.39 is 6.04 Å². The SMILES string of the molecule is CCC(C#N)NC(=O)c1ccc(O)c(Cl)c1. The standard InChI is InChI=1S/C11H11ClN2O2/c1-2-8(6-13)14-11(16)7-3-4-10(15)9(12)5-7/h3-5,8,15H,2H2,1H3,(H,14,16). The highest BCUT2D eigenvalue weighted by molar-refractivity contribution is 6.32. The van der Waals surface area contributed by atoms with Gasteiger partial charge in [0.2, 0.25) is 0 Å². The summed E-state index contributed by atoms with van der Waals surface area (Å²) in [6, 6.07) is 5.59. The van der Waals surface area contributed by atoms with Crippen LogP contribution < -0.4 is 5.32 Å². The van der Waals surface area contributed by atoms with Gasteiger partial charge in [-0.2, -0.15) is 5.26 Å². The van der Waals surface area contributed by atoms with Crippen LogP contribution in [0.15, 0.2) is 18.2 Å². The number of hydrogen-bond donors (Lipinski definition) is 2. The average Bonchev–Trinajstić information content (AvgIpc) is 2.29. The smallest absolute Gasteiger partial charge is 0.252 e. The number of nitrogens with one attached hydrogen (secondary N) is 1. The number of halogens is 1. The van der Waals surface area contributed by atoms with Gasteiger partial charge >= 0.3 is 0 Å². The summed E-state index contributed by atoms with van der Waals surface area (Å²) >= 11 is 5.67. The molecule has 1 rings (SSSR count). The van der Waals surface area contributed by atoms with Gasteiger partial charge in [0.05, 0.1) is 11.1 Å². The molecule has 1 amide bonds. The highest BCUT2D eigenvalue weighted by Crippen LogP contribution is 2.23. The molecule has 0 saturated carbocycles. The van der Waals surface area contributed by atoms with Gasteiger partial charge in [-0.15, -0.1) is 0 Å². The summed E-state index contributed by atoms with van der Waals surface area (Å²) in [6.45, 7) is 1.80. The maximum Gasteiger partial charge on any atom is 0.252 e. The Labute approximate surface area is 98.5 Å². The summed E-state index contributed by atoms with van der Waals surface area (Å²) in [6.07, 6.45) is 0.536. The highest BCUT2D eigenvalue weighted by atomic mass is 35.5. The molecular weight excluding hydrogens is 228 g/mol. The molecule has 0 aliphatic heterocycles. The summed E-state index contributed by atoms with van der Waals surface area (Å²) in [5.41, 5.74) is 0.316. The molecule has 1 unspecified atom stereocenters. The quantitative estimate of drug-likeness (QED) is 0.847. The molecule has 0 radical (unpaired) electrons. The number of benzene rings is 1. The average molecular weight is 239 g/mol. The van der Waals surface area contributed by atoms with Crippen LogP contribution in [-0.4, -0.2) is 17.1 Å². The van der Waals surface area contributed by atoms with E-state index in [-0.39, 0.29) is 16.7 Å². The van der Waals surface area contributed by atoms with Crippen molar-refractivity contribution in [2.24, 2.45) is 0 Å². The lowest BCUT2D eigenvalue weighted by molar-refractivity contribution is 0.0944. The second-order valence-corrected chi connectivity index (χ2v) is 3.64. The van der Waals surface area contributed by atoms with Gasteiger partial charge in [0.25, 0.3) is 5.91 Å². The molecule has 0 saturated heterocycles. The first kappa shape index (κ1) is 12.3. The van der Waals surface area contributed by atoms with E-state index in [2.05, 4.69) is 5.32 Å². The fraction of sp³-hybridized carbons (Fsp3) is 0.273.